The average molecular weight is 353 g/mol. The van der Waals surface area contributed by atoms with Gasteiger partial charge in [0.2, 0.25) is 5.91 Å². The van der Waals surface area contributed by atoms with Gasteiger partial charge in [-0.05, 0) is 19.1 Å². The molecule has 6 heteroatoms. The monoisotopic (exact) mass is 353 g/mol. The van der Waals surface area contributed by atoms with Crippen LogP contribution in [-0.4, -0.2) is 53.5 Å². The molecule has 26 heavy (non-hydrogen) atoms. The minimum atomic E-state index is 0.0321. The molecule has 0 radical (unpaired) electrons. The van der Waals surface area contributed by atoms with E-state index >= 15 is 0 Å². The smallest absolute Gasteiger partial charge is 0.238 e. The van der Waals surface area contributed by atoms with Crippen molar-refractivity contribution in [3.05, 3.63) is 47.9 Å². The second-order valence-electron chi connectivity index (χ2n) is 7.06. The molecule has 1 aliphatic heterocycles. The predicted molar refractivity (Wildman–Crippen MR) is 105 cm³/mol. The second kappa shape index (κ2) is 8.27. The normalized spacial score (nSPS) is 15.3. The number of anilines is 2. The number of hydrogen-bond donors (Lipinski definition) is 1. The van der Waals surface area contributed by atoms with Gasteiger partial charge in [-0.2, -0.15) is 0 Å². The Morgan fingerprint density at radius 2 is 1.81 bits per heavy atom. The second-order valence-corrected chi connectivity index (χ2v) is 7.06. The molecule has 3 rings (SSSR count). The van der Waals surface area contributed by atoms with Crippen molar-refractivity contribution in [2.45, 2.75) is 26.7 Å². The van der Waals surface area contributed by atoms with Gasteiger partial charge in [0.15, 0.2) is 0 Å². The Hall–Kier alpha value is -2.47. The molecule has 0 atom stereocenters. The van der Waals surface area contributed by atoms with Gasteiger partial charge in [-0.25, -0.2) is 9.97 Å². The molecule has 138 valence electrons. The summed E-state index contributed by atoms with van der Waals surface area (Å²) in [5, 5.41) is 2.94. The molecule has 0 unspecified atom stereocenters. The topological polar surface area (TPSA) is 61.4 Å². The summed E-state index contributed by atoms with van der Waals surface area (Å²) >= 11 is 0. The van der Waals surface area contributed by atoms with Crippen molar-refractivity contribution in [3.8, 4) is 0 Å². The van der Waals surface area contributed by atoms with E-state index in [9.17, 15) is 4.79 Å². The highest BCUT2D eigenvalue weighted by atomic mass is 16.2. The molecule has 1 N–H and O–H groups in total. The number of aryl methyl sites for hydroxylation is 1. The van der Waals surface area contributed by atoms with Gasteiger partial charge >= 0.3 is 0 Å². The molecule has 1 saturated heterocycles. The first-order valence-corrected chi connectivity index (χ1v) is 9.19. The van der Waals surface area contributed by atoms with Crippen LogP contribution in [0.25, 0.3) is 0 Å². The van der Waals surface area contributed by atoms with E-state index in [2.05, 4.69) is 33.9 Å². The third-order valence-electron chi connectivity index (χ3n) is 4.50. The first-order valence-electron chi connectivity index (χ1n) is 9.19. The molecule has 0 bridgehead atoms. The summed E-state index contributed by atoms with van der Waals surface area (Å²) in [7, 11) is 0. The highest BCUT2D eigenvalue weighted by Crippen LogP contribution is 2.18. The first-order chi connectivity index (χ1) is 12.5. The summed E-state index contributed by atoms with van der Waals surface area (Å²) < 4.78 is 0. The number of carbonyl (C=O) groups is 1. The lowest BCUT2D eigenvalue weighted by atomic mass is 10.2. The lowest BCUT2D eigenvalue weighted by Crippen LogP contribution is -2.49. The van der Waals surface area contributed by atoms with E-state index in [1.54, 1.807) is 0 Å². The Balaban J connectivity index is 1.53. The van der Waals surface area contributed by atoms with E-state index in [1.807, 2.05) is 43.3 Å². The van der Waals surface area contributed by atoms with Gasteiger partial charge in [0.05, 0.1) is 6.54 Å². The number of nitrogens with one attached hydrogen (secondary N) is 1. The third-order valence-corrected chi connectivity index (χ3v) is 4.50. The number of rotatable bonds is 5. The maximum atomic E-state index is 12.2. The van der Waals surface area contributed by atoms with Gasteiger partial charge in [0, 0.05) is 49.5 Å². The molecule has 1 aromatic carbocycles. The van der Waals surface area contributed by atoms with Crippen LogP contribution in [0.4, 0.5) is 11.5 Å². The van der Waals surface area contributed by atoms with Crippen LogP contribution in [0.2, 0.25) is 0 Å². The quantitative estimate of drug-likeness (QED) is 0.895. The molecule has 1 aliphatic rings. The van der Waals surface area contributed by atoms with Crippen LogP contribution in [0.15, 0.2) is 36.4 Å². The van der Waals surface area contributed by atoms with E-state index < -0.39 is 0 Å². The van der Waals surface area contributed by atoms with E-state index in [0.717, 1.165) is 49.2 Å². The number of carbonyl (C=O) groups excluding carboxylic acids is 1. The van der Waals surface area contributed by atoms with Crippen LogP contribution in [-0.2, 0) is 4.79 Å². The Bertz CT molecular complexity index is 739. The maximum Gasteiger partial charge on any atom is 0.238 e. The van der Waals surface area contributed by atoms with Crippen molar-refractivity contribution in [3.63, 3.8) is 0 Å². The molecule has 2 heterocycles. The summed E-state index contributed by atoms with van der Waals surface area (Å²) in [6, 6.07) is 11.6. The molecule has 0 saturated carbocycles. The number of nitrogens with zero attached hydrogens (tertiary/aromatic N) is 4. The third kappa shape index (κ3) is 4.79. The fraction of sp³-hybridized carbons (Fsp3) is 0.450. The van der Waals surface area contributed by atoms with Crippen molar-refractivity contribution in [2.24, 2.45) is 0 Å². The van der Waals surface area contributed by atoms with Gasteiger partial charge < -0.3 is 10.2 Å². The molecule has 0 spiro atoms. The lowest BCUT2D eigenvalue weighted by molar-refractivity contribution is -0.117. The molecule has 1 amide bonds. The highest BCUT2D eigenvalue weighted by molar-refractivity contribution is 5.92. The van der Waals surface area contributed by atoms with Crippen LogP contribution < -0.4 is 10.2 Å². The number of aromatic nitrogens is 2. The van der Waals surface area contributed by atoms with Gasteiger partial charge in [-0.15, -0.1) is 0 Å². The molecule has 6 nitrogen and oxygen atoms in total. The van der Waals surface area contributed by atoms with E-state index in [4.69, 9.17) is 4.98 Å². The molecule has 2 aromatic rings. The van der Waals surface area contributed by atoms with E-state index in [0.29, 0.717) is 12.5 Å². The van der Waals surface area contributed by atoms with Crippen molar-refractivity contribution in [2.75, 3.05) is 42.9 Å². The van der Waals surface area contributed by atoms with Gasteiger partial charge in [-0.1, -0.05) is 32.0 Å². The zero-order valence-corrected chi connectivity index (χ0v) is 15.8. The Kier molecular flexibility index (Phi) is 5.83. The SMILES string of the molecule is Cc1cc(N2CCN(CC(=O)Nc3ccccc3)CC2)nc(C(C)C)n1. The minimum absolute atomic E-state index is 0.0321. The number of para-hydroxylation sites is 1. The van der Waals surface area contributed by atoms with Crippen LogP contribution in [0.1, 0.15) is 31.3 Å². The standard InChI is InChI=1S/C20H27N5O/c1-15(2)20-21-16(3)13-18(23-20)25-11-9-24(10-12-25)14-19(26)22-17-7-5-4-6-8-17/h4-8,13,15H,9-12,14H2,1-3H3,(H,22,26). The predicted octanol–water partition coefficient (Wildman–Crippen LogP) is 2.67. The largest absolute Gasteiger partial charge is 0.354 e. The maximum absolute atomic E-state index is 12.2. The number of benzene rings is 1. The number of amides is 1. The number of hydrogen-bond acceptors (Lipinski definition) is 5. The summed E-state index contributed by atoms with van der Waals surface area (Å²) in [4.78, 5) is 25.9. The molecule has 0 aliphatic carbocycles. The Labute approximate surface area is 155 Å². The minimum Gasteiger partial charge on any atom is -0.354 e. The highest BCUT2D eigenvalue weighted by Gasteiger charge is 2.21. The van der Waals surface area contributed by atoms with Crippen molar-refractivity contribution >= 4 is 17.4 Å². The van der Waals surface area contributed by atoms with Crippen molar-refractivity contribution in [1.82, 2.24) is 14.9 Å². The van der Waals surface area contributed by atoms with Gasteiger partial charge in [0.25, 0.3) is 0 Å². The van der Waals surface area contributed by atoms with Gasteiger partial charge in [0.1, 0.15) is 11.6 Å². The Morgan fingerprint density at radius 1 is 1.12 bits per heavy atom. The summed E-state index contributed by atoms with van der Waals surface area (Å²) in [5.41, 5.74) is 1.84. The van der Waals surface area contributed by atoms with Crippen LogP contribution >= 0.6 is 0 Å². The van der Waals surface area contributed by atoms with E-state index in [-0.39, 0.29) is 5.91 Å². The zero-order chi connectivity index (χ0) is 18.5. The molecular formula is C20H27N5O. The molecule has 1 aromatic heterocycles. The van der Waals surface area contributed by atoms with Crippen molar-refractivity contribution in [1.29, 1.82) is 0 Å². The van der Waals surface area contributed by atoms with Gasteiger partial charge in [-0.3, -0.25) is 9.69 Å². The van der Waals surface area contributed by atoms with Crippen LogP contribution in [0.5, 0.6) is 0 Å². The summed E-state index contributed by atoms with van der Waals surface area (Å²) in [5.74, 6) is 2.24. The summed E-state index contributed by atoms with van der Waals surface area (Å²) in [6.45, 7) is 10.1. The average Bonchev–Trinajstić information content (AvgIpc) is 2.62. The number of piperazine rings is 1. The summed E-state index contributed by atoms with van der Waals surface area (Å²) in [6.07, 6.45) is 0. The van der Waals surface area contributed by atoms with E-state index in [1.165, 1.54) is 0 Å². The molecular weight excluding hydrogens is 326 g/mol. The van der Waals surface area contributed by atoms with Crippen LogP contribution in [0.3, 0.4) is 0 Å². The Morgan fingerprint density at radius 3 is 2.46 bits per heavy atom. The van der Waals surface area contributed by atoms with Crippen LogP contribution in [0, 0.1) is 6.92 Å². The molecule has 1 fully saturated rings. The first kappa shape index (κ1) is 18.3. The lowest BCUT2D eigenvalue weighted by Gasteiger charge is -2.35. The fourth-order valence-corrected chi connectivity index (χ4v) is 3.05. The fourth-order valence-electron chi connectivity index (χ4n) is 3.05. The zero-order valence-electron chi connectivity index (χ0n) is 15.8. The van der Waals surface area contributed by atoms with Crippen molar-refractivity contribution < 1.29 is 4.79 Å².